The van der Waals surface area contributed by atoms with Gasteiger partial charge in [0, 0.05) is 17.8 Å². The zero-order valence-corrected chi connectivity index (χ0v) is 13.5. The molecule has 0 aromatic heterocycles. The first kappa shape index (κ1) is 19.4. The lowest BCUT2D eigenvalue weighted by Crippen LogP contribution is -2.16. The van der Waals surface area contributed by atoms with Crippen molar-refractivity contribution < 1.29 is 27.6 Å². The lowest BCUT2D eigenvalue weighted by Gasteiger charge is -2.09. The van der Waals surface area contributed by atoms with Crippen LogP contribution in [-0.4, -0.2) is 23.6 Å². The van der Waals surface area contributed by atoms with Gasteiger partial charge in [0.2, 0.25) is 5.91 Å². The molecule has 0 heterocycles. The first-order chi connectivity index (χ1) is 12.2. The van der Waals surface area contributed by atoms with E-state index in [0.29, 0.717) is 16.8 Å². The molecular weight excluding hydrogens is 353 g/mol. The minimum atomic E-state index is -4.37. The van der Waals surface area contributed by atoms with E-state index in [1.807, 2.05) is 0 Å². The van der Waals surface area contributed by atoms with Gasteiger partial charge in [0.1, 0.15) is 6.61 Å². The molecule has 0 saturated carbocycles. The normalized spacial score (nSPS) is 11.2. The summed E-state index contributed by atoms with van der Waals surface area (Å²) in [4.78, 5) is 22.0. The van der Waals surface area contributed by atoms with E-state index in [2.05, 4.69) is 10.1 Å². The van der Waals surface area contributed by atoms with E-state index in [4.69, 9.17) is 0 Å². The number of ether oxygens (including phenoxy) is 1. The maximum atomic E-state index is 12.0. The Balaban J connectivity index is 1.84. The molecule has 0 atom stereocenters. The number of nitrogens with zero attached hydrogens (tertiary/aromatic N) is 1. The molecule has 6 nitrogen and oxygen atoms in total. The van der Waals surface area contributed by atoms with Crippen LogP contribution < -0.4 is 5.32 Å². The van der Waals surface area contributed by atoms with Gasteiger partial charge in [0.05, 0.1) is 18.0 Å². The van der Waals surface area contributed by atoms with Gasteiger partial charge in [-0.1, -0.05) is 24.3 Å². The number of anilines is 1. The summed E-state index contributed by atoms with van der Waals surface area (Å²) in [5.41, 5.74) is 1.59. The topological polar surface area (TPSA) is 81.5 Å². The Labute approximate surface area is 146 Å². The van der Waals surface area contributed by atoms with E-state index in [0.717, 1.165) is 0 Å². The molecule has 0 aliphatic rings. The van der Waals surface area contributed by atoms with Crippen LogP contribution in [0.3, 0.4) is 0 Å². The number of rotatable bonds is 7. The molecule has 26 heavy (non-hydrogen) atoms. The van der Waals surface area contributed by atoms with Crippen molar-refractivity contribution >= 4 is 17.3 Å². The van der Waals surface area contributed by atoms with Crippen LogP contribution in [0, 0.1) is 10.1 Å². The Morgan fingerprint density at radius 1 is 1.04 bits per heavy atom. The zero-order chi connectivity index (χ0) is 19.2. The van der Waals surface area contributed by atoms with Gasteiger partial charge in [-0.2, -0.15) is 13.2 Å². The van der Waals surface area contributed by atoms with Crippen molar-refractivity contribution in [2.75, 3.05) is 11.9 Å². The van der Waals surface area contributed by atoms with Crippen molar-refractivity contribution in [2.24, 2.45) is 0 Å². The molecule has 2 aromatic carbocycles. The maximum Gasteiger partial charge on any atom is 0.411 e. The number of nitrogens with one attached hydrogen (secondary N) is 1. The number of amides is 1. The second kappa shape index (κ2) is 8.43. The summed E-state index contributed by atoms with van der Waals surface area (Å²) in [5, 5.41) is 13.2. The van der Waals surface area contributed by atoms with Gasteiger partial charge >= 0.3 is 6.18 Å². The fourth-order valence-electron chi connectivity index (χ4n) is 2.10. The van der Waals surface area contributed by atoms with Crippen LogP contribution in [-0.2, 0) is 22.6 Å². The smallest absolute Gasteiger partial charge is 0.367 e. The largest absolute Gasteiger partial charge is 0.411 e. The predicted molar refractivity (Wildman–Crippen MR) is 87.6 cm³/mol. The average molecular weight is 368 g/mol. The fourth-order valence-corrected chi connectivity index (χ4v) is 2.10. The van der Waals surface area contributed by atoms with Gasteiger partial charge in [-0.15, -0.1) is 0 Å². The number of carbonyl (C=O) groups is 1. The number of nitro groups is 1. The lowest BCUT2D eigenvalue weighted by atomic mass is 10.1. The number of carbonyl (C=O) groups excluding carboxylic acids is 1. The van der Waals surface area contributed by atoms with Crippen LogP contribution in [0.4, 0.5) is 24.5 Å². The standard InChI is InChI=1S/C17H15F3N2O4/c18-17(19,20)11-26-10-13-1-5-14(6-2-13)21-16(23)9-12-3-7-15(8-4-12)22(24)25/h1-8H,9-11H2,(H,21,23). The molecule has 0 aliphatic heterocycles. The third-order valence-electron chi connectivity index (χ3n) is 3.28. The van der Waals surface area contributed by atoms with E-state index in [1.54, 1.807) is 24.3 Å². The minimum Gasteiger partial charge on any atom is -0.367 e. The van der Waals surface area contributed by atoms with Gasteiger partial charge in [0.15, 0.2) is 0 Å². The van der Waals surface area contributed by atoms with Crippen LogP contribution in [0.15, 0.2) is 48.5 Å². The molecular formula is C17H15F3N2O4. The van der Waals surface area contributed by atoms with Crippen LogP contribution >= 0.6 is 0 Å². The monoisotopic (exact) mass is 368 g/mol. The number of benzene rings is 2. The maximum absolute atomic E-state index is 12.0. The molecule has 0 aliphatic carbocycles. The number of alkyl halides is 3. The summed E-state index contributed by atoms with van der Waals surface area (Å²) in [6.45, 7) is -1.50. The van der Waals surface area contributed by atoms with E-state index < -0.39 is 17.7 Å². The molecule has 1 N–H and O–H groups in total. The quantitative estimate of drug-likeness (QED) is 0.594. The Bertz CT molecular complexity index is 759. The molecule has 1 amide bonds. The molecule has 9 heteroatoms. The first-order valence-corrected chi connectivity index (χ1v) is 7.49. The number of halogens is 3. The van der Waals surface area contributed by atoms with Crippen LogP contribution in [0.1, 0.15) is 11.1 Å². The lowest BCUT2D eigenvalue weighted by molar-refractivity contribution is -0.384. The second-order valence-corrected chi connectivity index (χ2v) is 5.45. The molecule has 2 rings (SSSR count). The summed E-state index contributed by atoms with van der Waals surface area (Å²) in [6.07, 6.45) is -4.33. The second-order valence-electron chi connectivity index (χ2n) is 5.45. The van der Waals surface area contributed by atoms with Crippen molar-refractivity contribution in [3.05, 3.63) is 69.8 Å². The SMILES string of the molecule is O=C(Cc1ccc([N+](=O)[O-])cc1)Nc1ccc(COCC(F)(F)F)cc1. The Morgan fingerprint density at radius 2 is 1.62 bits per heavy atom. The molecule has 0 saturated heterocycles. The minimum absolute atomic E-state index is 0.0362. The number of nitro benzene ring substituents is 1. The fraction of sp³-hybridized carbons (Fsp3) is 0.235. The van der Waals surface area contributed by atoms with E-state index in [9.17, 15) is 28.1 Å². The zero-order valence-electron chi connectivity index (χ0n) is 13.5. The van der Waals surface area contributed by atoms with Crippen molar-refractivity contribution in [1.82, 2.24) is 0 Å². The molecule has 0 fully saturated rings. The highest BCUT2D eigenvalue weighted by molar-refractivity contribution is 5.92. The highest BCUT2D eigenvalue weighted by Crippen LogP contribution is 2.17. The summed E-state index contributed by atoms with van der Waals surface area (Å²) in [5.74, 6) is -0.320. The van der Waals surface area contributed by atoms with Crippen molar-refractivity contribution in [3.8, 4) is 0 Å². The summed E-state index contributed by atoms with van der Waals surface area (Å²) < 4.78 is 40.6. The third-order valence-corrected chi connectivity index (χ3v) is 3.28. The van der Waals surface area contributed by atoms with Crippen molar-refractivity contribution in [2.45, 2.75) is 19.2 Å². The molecule has 0 unspecified atom stereocenters. The number of non-ortho nitro benzene ring substituents is 1. The Morgan fingerprint density at radius 3 is 2.15 bits per heavy atom. The van der Waals surface area contributed by atoms with E-state index in [1.165, 1.54) is 24.3 Å². The average Bonchev–Trinajstić information content (AvgIpc) is 2.56. The molecule has 2 aromatic rings. The van der Waals surface area contributed by atoms with Gasteiger partial charge in [0.25, 0.3) is 5.69 Å². The molecule has 0 radical (unpaired) electrons. The summed E-state index contributed by atoms with van der Waals surface area (Å²) in [7, 11) is 0. The highest BCUT2D eigenvalue weighted by Gasteiger charge is 2.27. The molecule has 138 valence electrons. The predicted octanol–water partition coefficient (Wildman–Crippen LogP) is 3.85. The number of hydrogen-bond acceptors (Lipinski definition) is 4. The molecule has 0 spiro atoms. The number of hydrogen-bond donors (Lipinski definition) is 1. The highest BCUT2D eigenvalue weighted by atomic mass is 19.4. The van der Waals surface area contributed by atoms with Gasteiger partial charge < -0.3 is 10.1 Å². The first-order valence-electron chi connectivity index (χ1n) is 7.49. The van der Waals surface area contributed by atoms with Crippen LogP contribution in [0.25, 0.3) is 0 Å². The summed E-state index contributed by atoms with van der Waals surface area (Å²) >= 11 is 0. The van der Waals surface area contributed by atoms with Crippen LogP contribution in [0.2, 0.25) is 0 Å². The Hall–Kier alpha value is -2.94. The molecule has 0 bridgehead atoms. The van der Waals surface area contributed by atoms with Gasteiger partial charge in [-0.3, -0.25) is 14.9 Å². The Kier molecular flexibility index (Phi) is 6.29. The third kappa shape index (κ3) is 6.52. The van der Waals surface area contributed by atoms with Gasteiger partial charge in [-0.05, 0) is 23.3 Å². The van der Waals surface area contributed by atoms with Crippen molar-refractivity contribution in [3.63, 3.8) is 0 Å². The van der Waals surface area contributed by atoms with E-state index >= 15 is 0 Å². The summed E-state index contributed by atoms with van der Waals surface area (Å²) in [6, 6.07) is 11.9. The van der Waals surface area contributed by atoms with Gasteiger partial charge in [-0.25, -0.2) is 0 Å². The van der Waals surface area contributed by atoms with Crippen molar-refractivity contribution in [1.29, 1.82) is 0 Å². The van der Waals surface area contributed by atoms with Crippen LogP contribution in [0.5, 0.6) is 0 Å². The van der Waals surface area contributed by atoms with E-state index in [-0.39, 0.29) is 24.6 Å².